The van der Waals surface area contributed by atoms with Crippen molar-refractivity contribution in [2.24, 2.45) is 0 Å². The fourth-order valence-electron chi connectivity index (χ4n) is 5.39. The highest BCUT2D eigenvalue weighted by Crippen LogP contribution is 2.34. The molecule has 144 valence electrons. The van der Waals surface area contributed by atoms with Gasteiger partial charge in [0.1, 0.15) is 6.04 Å². The molecule has 2 aliphatic carbocycles. The zero-order valence-corrected chi connectivity index (χ0v) is 16.7. The van der Waals surface area contributed by atoms with Crippen molar-refractivity contribution in [1.29, 1.82) is 5.26 Å². The molecular weight excluding hydrogens is 330 g/mol. The molecule has 1 heterocycles. The Kier molecular flexibility index (Phi) is 5.83. The van der Waals surface area contributed by atoms with Crippen molar-refractivity contribution in [2.45, 2.75) is 76.7 Å². The molecule has 0 bridgehead atoms. The van der Waals surface area contributed by atoms with E-state index in [0.717, 1.165) is 44.6 Å². The normalized spacial score (nSPS) is 21.4. The lowest BCUT2D eigenvalue weighted by atomic mass is 9.78. The molecule has 3 heteroatoms. The molecule has 1 fully saturated rings. The van der Waals surface area contributed by atoms with Crippen molar-refractivity contribution in [1.82, 2.24) is 10.2 Å². The Hall–Kier alpha value is -1.79. The summed E-state index contributed by atoms with van der Waals surface area (Å²) in [6, 6.07) is 5.00. The van der Waals surface area contributed by atoms with Gasteiger partial charge in [-0.3, -0.25) is 0 Å². The van der Waals surface area contributed by atoms with Crippen LogP contribution in [0.5, 0.6) is 0 Å². The third-order valence-electron chi connectivity index (χ3n) is 6.79. The van der Waals surface area contributed by atoms with Crippen LogP contribution in [0.25, 0.3) is 0 Å². The highest BCUT2D eigenvalue weighted by atomic mass is 15.2. The van der Waals surface area contributed by atoms with E-state index in [1.807, 2.05) is 0 Å². The van der Waals surface area contributed by atoms with Crippen molar-refractivity contribution in [2.75, 3.05) is 19.6 Å². The Balaban J connectivity index is 1.40. The predicted octanol–water partition coefficient (Wildman–Crippen LogP) is 4.08. The Morgan fingerprint density at radius 2 is 1.74 bits per heavy atom. The second-order valence-corrected chi connectivity index (χ2v) is 8.52. The lowest BCUT2D eigenvalue weighted by Gasteiger charge is -2.28. The molecule has 1 aromatic rings. The number of benzene rings is 1. The smallest absolute Gasteiger partial charge is 0.116 e. The molecule has 1 atom stereocenters. The summed E-state index contributed by atoms with van der Waals surface area (Å²) in [6.45, 7) is 7.02. The Morgan fingerprint density at radius 3 is 2.41 bits per heavy atom. The molecule has 1 aromatic carbocycles. The zero-order chi connectivity index (χ0) is 18.6. The molecular formula is C24H33N3. The van der Waals surface area contributed by atoms with E-state index in [1.165, 1.54) is 51.4 Å². The first-order valence-corrected chi connectivity index (χ1v) is 11.0. The molecule has 1 aliphatic heterocycles. The molecule has 0 amide bonds. The monoisotopic (exact) mass is 363 g/mol. The van der Waals surface area contributed by atoms with Crippen LogP contribution in [0.4, 0.5) is 0 Å². The first-order valence-electron chi connectivity index (χ1n) is 11.0. The van der Waals surface area contributed by atoms with Crippen LogP contribution in [-0.2, 0) is 32.1 Å². The number of hydrogen-bond acceptors (Lipinski definition) is 3. The lowest BCUT2D eigenvalue weighted by molar-refractivity contribution is 0.361. The summed E-state index contributed by atoms with van der Waals surface area (Å²) in [5.41, 5.74) is 9.43. The van der Waals surface area contributed by atoms with Gasteiger partial charge in [-0.05, 0) is 105 Å². The molecule has 3 aliphatic rings. The maximum atomic E-state index is 9.28. The van der Waals surface area contributed by atoms with Crippen molar-refractivity contribution < 1.29 is 0 Å². The number of nitrogens with one attached hydrogen (secondary N) is 1. The van der Waals surface area contributed by atoms with Crippen LogP contribution in [0.2, 0.25) is 0 Å². The van der Waals surface area contributed by atoms with Crippen molar-refractivity contribution in [3.8, 4) is 6.07 Å². The minimum absolute atomic E-state index is 0.0347. The van der Waals surface area contributed by atoms with Gasteiger partial charge < -0.3 is 10.2 Å². The van der Waals surface area contributed by atoms with Gasteiger partial charge in [0, 0.05) is 18.8 Å². The number of fused-ring (bicyclic) bond motifs is 2. The zero-order valence-electron chi connectivity index (χ0n) is 16.7. The van der Waals surface area contributed by atoms with Crippen molar-refractivity contribution in [3.05, 3.63) is 46.2 Å². The number of nitrogens with zero attached hydrogens (tertiary/aromatic N) is 2. The highest BCUT2D eigenvalue weighted by molar-refractivity contribution is 5.48. The van der Waals surface area contributed by atoms with Gasteiger partial charge in [0.05, 0.1) is 6.07 Å². The lowest BCUT2D eigenvalue weighted by Crippen LogP contribution is -2.33. The summed E-state index contributed by atoms with van der Waals surface area (Å²) in [4.78, 5) is 2.19. The van der Waals surface area contributed by atoms with Crippen LogP contribution < -0.4 is 5.32 Å². The van der Waals surface area contributed by atoms with Crippen molar-refractivity contribution in [3.63, 3.8) is 0 Å². The summed E-state index contributed by atoms with van der Waals surface area (Å²) in [5.74, 6) is 0. The van der Waals surface area contributed by atoms with Crippen LogP contribution in [0, 0.1) is 11.3 Å². The molecule has 1 N–H and O–H groups in total. The number of nitriles is 1. The molecule has 27 heavy (non-hydrogen) atoms. The van der Waals surface area contributed by atoms with Gasteiger partial charge in [0.2, 0.25) is 0 Å². The number of rotatable bonds is 6. The summed E-state index contributed by atoms with van der Waals surface area (Å²) in [7, 11) is 0. The fraction of sp³-hybridized carbons (Fsp3) is 0.625. The van der Waals surface area contributed by atoms with E-state index in [-0.39, 0.29) is 6.04 Å². The Bertz CT molecular complexity index is 709. The molecule has 4 rings (SSSR count). The summed E-state index contributed by atoms with van der Waals surface area (Å²) >= 11 is 0. The van der Waals surface area contributed by atoms with Gasteiger partial charge in [0.25, 0.3) is 0 Å². The molecule has 0 saturated carbocycles. The van der Waals surface area contributed by atoms with E-state index < -0.39 is 0 Å². The first kappa shape index (κ1) is 18.6. The highest BCUT2D eigenvalue weighted by Gasteiger charge is 2.25. The van der Waals surface area contributed by atoms with E-state index in [4.69, 9.17) is 0 Å². The number of likely N-dealkylation sites (tertiary alicyclic amines) is 1. The largest absolute Gasteiger partial charge is 0.358 e. The van der Waals surface area contributed by atoms with Gasteiger partial charge in [-0.25, -0.2) is 0 Å². The van der Waals surface area contributed by atoms with Gasteiger partial charge in [-0.15, -0.1) is 0 Å². The van der Waals surface area contributed by atoms with Crippen LogP contribution in [0.15, 0.2) is 18.3 Å². The fourth-order valence-corrected chi connectivity index (χ4v) is 5.39. The topological polar surface area (TPSA) is 39.1 Å². The maximum Gasteiger partial charge on any atom is 0.116 e. The number of hydrogen-bond donors (Lipinski definition) is 1. The molecule has 3 nitrogen and oxygen atoms in total. The SMILES string of the molecule is C=C(CNCCc1c2c(cc3c1CCCC3)CCCC2)N1CCCC1C#N. The van der Waals surface area contributed by atoms with Gasteiger partial charge in [0.15, 0.2) is 0 Å². The summed E-state index contributed by atoms with van der Waals surface area (Å²) in [6.07, 6.45) is 13.8. The summed E-state index contributed by atoms with van der Waals surface area (Å²) in [5, 5.41) is 12.9. The van der Waals surface area contributed by atoms with Crippen molar-refractivity contribution >= 4 is 0 Å². The standard InChI is InChI=1S/C24H33N3/c1-18(27-14-6-9-21(27)16-25)17-26-13-12-24-22-10-4-2-7-19(22)15-20-8-3-5-11-23(20)24/h15,21,26H,1-14,17H2. The molecule has 0 spiro atoms. The second kappa shape index (κ2) is 8.48. The van der Waals surface area contributed by atoms with Crippen LogP contribution in [-0.4, -0.2) is 30.6 Å². The molecule has 0 radical (unpaired) electrons. The van der Waals surface area contributed by atoms with E-state index in [9.17, 15) is 5.26 Å². The minimum Gasteiger partial charge on any atom is -0.358 e. The van der Waals surface area contributed by atoms with E-state index in [0.29, 0.717) is 0 Å². The van der Waals surface area contributed by atoms with Gasteiger partial charge in [-0.1, -0.05) is 12.6 Å². The molecule has 1 unspecified atom stereocenters. The maximum absolute atomic E-state index is 9.28. The van der Waals surface area contributed by atoms with Gasteiger partial charge in [-0.2, -0.15) is 5.26 Å². The minimum atomic E-state index is 0.0347. The van der Waals surface area contributed by atoms with Crippen LogP contribution in [0.3, 0.4) is 0 Å². The molecule has 0 aromatic heterocycles. The Labute approximate surface area is 164 Å². The van der Waals surface area contributed by atoms with Crippen LogP contribution in [0.1, 0.15) is 66.3 Å². The van der Waals surface area contributed by atoms with E-state index in [1.54, 1.807) is 27.8 Å². The van der Waals surface area contributed by atoms with Crippen LogP contribution >= 0.6 is 0 Å². The quantitative estimate of drug-likeness (QED) is 0.774. The third kappa shape index (κ3) is 3.92. The summed E-state index contributed by atoms with van der Waals surface area (Å²) < 4.78 is 0. The average Bonchev–Trinajstić information content (AvgIpc) is 3.19. The molecule has 1 saturated heterocycles. The van der Waals surface area contributed by atoms with E-state index in [2.05, 4.69) is 28.9 Å². The van der Waals surface area contributed by atoms with Gasteiger partial charge >= 0.3 is 0 Å². The third-order valence-corrected chi connectivity index (χ3v) is 6.79. The second-order valence-electron chi connectivity index (χ2n) is 8.52. The Morgan fingerprint density at radius 1 is 1.07 bits per heavy atom. The van der Waals surface area contributed by atoms with E-state index >= 15 is 0 Å². The number of aryl methyl sites for hydroxylation is 2. The first-order chi connectivity index (χ1) is 13.3. The predicted molar refractivity (Wildman–Crippen MR) is 111 cm³/mol. The average molecular weight is 364 g/mol.